The summed E-state index contributed by atoms with van der Waals surface area (Å²) in [6.07, 6.45) is 4.19. The minimum absolute atomic E-state index is 0.323. The Balaban J connectivity index is 2.46. The molecule has 0 aromatic heterocycles. The second kappa shape index (κ2) is 3.76. The van der Waals surface area contributed by atoms with E-state index in [4.69, 9.17) is 5.73 Å². The Labute approximate surface area is 92.0 Å². The molecule has 0 heterocycles. The van der Waals surface area contributed by atoms with Crippen molar-refractivity contribution in [3.8, 4) is 0 Å². The van der Waals surface area contributed by atoms with Gasteiger partial charge in [0.25, 0.3) is 0 Å². The van der Waals surface area contributed by atoms with E-state index in [1.165, 1.54) is 11.8 Å². The van der Waals surface area contributed by atoms with Gasteiger partial charge in [-0.15, -0.1) is 11.8 Å². The summed E-state index contributed by atoms with van der Waals surface area (Å²) in [6.45, 7) is 0. The van der Waals surface area contributed by atoms with E-state index >= 15 is 0 Å². The largest absolute Gasteiger partial charge is 0.321 e. The lowest BCUT2D eigenvalue weighted by Crippen LogP contribution is -2.44. The highest BCUT2D eigenvalue weighted by Crippen LogP contribution is 2.41. The number of hydrogen-bond acceptors (Lipinski definition) is 2. The van der Waals surface area contributed by atoms with Gasteiger partial charge in [-0.1, -0.05) is 6.07 Å². The summed E-state index contributed by atoms with van der Waals surface area (Å²) in [7, 11) is 0. The fourth-order valence-corrected chi connectivity index (χ4v) is 2.37. The van der Waals surface area contributed by atoms with Crippen LogP contribution in [0.4, 0.5) is 8.78 Å². The van der Waals surface area contributed by atoms with E-state index in [9.17, 15) is 8.78 Å². The van der Waals surface area contributed by atoms with Gasteiger partial charge >= 0.3 is 0 Å². The third kappa shape index (κ3) is 1.66. The first-order valence-electron chi connectivity index (χ1n) is 4.90. The van der Waals surface area contributed by atoms with Crippen molar-refractivity contribution in [3.05, 3.63) is 29.3 Å². The van der Waals surface area contributed by atoms with Gasteiger partial charge in [-0.25, -0.2) is 8.78 Å². The van der Waals surface area contributed by atoms with Crippen LogP contribution in [0.3, 0.4) is 0 Å². The van der Waals surface area contributed by atoms with Crippen molar-refractivity contribution in [2.75, 3.05) is 6.26 Å². The highest BCUT2D eigenvalue weighted by molar-refractivity contribution is 7.98. The number of halogens is 2. The molecule has 0 radical (unpaired) electrons. The molecule has 0 spiro atoms. The SMILES string of the molecule is CSc1ccc(C2(N)CCC2)c(F)c1F. The topological polar surface area (TPSA) is 26.0 Å². The molecule has 4 heteroatoms. The van der Waals surface area contributed by atoms with Gasteiger partial charge in [-0.2, -0.15) is 0 Å². The van der Waals surface area contributed by atoms with Crippen molar-refractivity contribution in [2.24, 2.45) is 5.73 Å². The van der Waals surface area contributed by atoms with Crippen LogP contribution in [0.15, 0.2) is 17.0 Å². The molecular weight excluding hydrogens is 216 g/mol. The summed E-state index contributed by atoms with van der Waals surface area (Å²) in [6, 6.07) is 3.22. The van der Waals surface area contributed by atoms with E-state index in [-0.39, 0.29) is 0 Å². The zero-order valence-corrected chi connectivity index (χ0v) is 9.33. The number of benzene rings is 1. The van der Waals surface area contributed by atoms with Gasteiger partial charge in [0.05, 0.1) is 0 Å². The van der Waals surface area contributed by atoms with Crippen LogP contribution in [0.25, 0.3) is 0 Å². The quantitative estimate of drug-likeness (QED) is 0.789. The highest BCUT2D eigenvalue weighted by atomic mass is 32.2. The highest BCUT2D eigenvalue weighted by Gasteiger charge is 2.37. The van der Waals surface area contributed by atoms with Crippen molar-refractivity contribution in [1.82, 2.24) is 0 Å². The van der Waals surface area contributed by atoms with Gasteiger partial charge in [0.1, 0.15) is 0 Å². The van der Waals surface area contributed by atoms with E-state index in [0.29, 0.717) is 10.5 Å². The van der Waals surface area contributed by atoms with Crippen molar-refractivity contribution in [1.29, 1.82) is 0 Å². The third-order valence-electron chi connectivity index (χ3n) is 3.05. The molecule has 1 aliphatic carbocycles. The Morgan fingerprint density at radius 2 is 1.93 bits per heavy atom. The fourth-order valence-electron chi connectivity index (χ4n) is 1.90. The molecule has 1 nitrogen and oxygen atoms in total. The molecular formula is C11H13F2NS. The van der Waals surface area contributed by atoms with Crippen molar-refractivity contribution >= 4 is 11.8 Å². The van der Waals surface area contributed by atoms with Gasteiger partial charge in [0.15, 0.2) is 11.6 Å². The maximum absolute atomic E-state index is 13.7. The van der Waals surface area contributed by atoms with E-state index in [0.717, 1.165) is 19.3 Å². The van der Waals surface area contributed by atoms with E-state index in [1.54, 1.807) is 18.4 Å². The molecule has 15 heavy (non-hydrogen) atoms. The van der Waals surface area contributed by atoms with Gasteiger partial charge in [-0.05, 0) is 31.6 Å². The summed E-state index contributed by atoms with van der Waals surface area (Å²) in [5.41, 5.74) is 5.66. The number of hydrogen-bond donors (Lipinski definition) is 1. The summed E-state index contributed by atoms with van der Waals surface area (Å²) >= 11 is 1.20. The first-order chi connectivity index (χ1) is 7.08. The number of thioether (sulfide) groups is 1. The van der Waals surface area contributed by atoms with Crippen LogP contribution < -0.4 is 5.73 Å². The molecule has 0 unspecified atom stereocenters. The normalized spacial score (nSPS) is 18.7. The predicted octanol–water partition coefficient (Wildman–Crippen LogP) is 3.02. The average Bonchev–Trinajstić information content (AvgIpc) is 2.19. The van der Waals surface area contributed by atoms with E-state index < -0.39 is 17.2 Å². The molecule has 1 fully saturated rings. The number of rotatable bonds is 2. The first kappa shape index (κ1) is 10.9. The Morgan fingerprint density at radius 3 is 2.40 bits per heavy atom. The first-order valence-corrected chi connectivity index (χ1v) is 6.12. The zero-order valence-electron chi connectivity index (χ0n) is 8.52. The average molecular weight is 229 g/mol. The Morgan fingerprint density at radius 1 is 1.27 bits per heavy atom. The monoisotopic (exact) mass is 229 g/mol. The van der Waals surface area contributed by atoms with Crippen LogP contribution in [0.2, 0.25) is 0 Å². The molecule has 2 rings (SSSR count). The Hall–Kier alpha value is -0.610. The smallest absolute Gasteiger partial charge is 0.172 e. The lowest BCUT2D eigenvalue weighted by Gasteiger charge is -2.38. The van der Waals surface area contributed by atoms with Crippen LogP contribution in [0.1, 0.15) is 24.8 Å². The molecule has 0 aliphatic heterocycles. The Kier molecular flexibility index (Phi) is 2.73. The molecule has 0 amide bonds. The lowest BCUT2D eigenvalue weighted by atomic mass is 9.72. The second-order valence-corrected chi connectivity index (χ2v) is 4.80. The Bertz CT molecular complexity index is 388. The molecule has 2 N–H and O–H groups in total. The summed E-state index contributed by atoms with van der Waals surface area (Å²) in [4.78, 5) is 0.333. The van der Waals surface area contributed by atoms with Crippen LogP contribution in [-0.2, 0) is 5.54 Å². The third-order valence-corrected chi connectivity index (χ3v) is 3.80. The van der Waals surface area contributed by atoms with Gasteiger partial charge in [0, 0.05) is 16.0 Å². The molecule has 0 atom stereocenters. The zero-order chi connectivity index (χ0) is 11.1. The summed E-state index contributed by atoms with van der Waals surface area (Å²) < 4.78 is 27.2. The van der Waals surface area contributed by atoms with E-state index in [2.05, 4.69) is 0 Å². The van der Waals surface area contributed by atoms with Gasteiger partial charge in [0.2, 0.25) is 0 Å². The molecule has 1 aliphatic rings. The van der Waals surface area contributed by atoms with Crippen LogP contribution in [0.5, 0.6) is 0 Å². The molecule has 1 aromatic carbocycles. The molecule has 0 saturated heterocycles. The van der Waals surface area contributed by atoms with Crippen LogP contribution in [-0.4, -0.2) is 6.26 Å². The van der Waals surface area contributed by atoms with E-state index in [1.807, 2.05) is 0 Å². The molecule has 1 aromatic rings. The van der Waals surface area contributed by atoms with Gasteiger partial charge < -0.3 is 5.73 Å². The molecule has 1 saturated carbocycles. The lowest BCUT2D eigenvalue weighted by molar-refractivity contribution is 0.241. The van der Waals surface area contributed by atoms with Crippen molar-refractivity contribution < 1.29 is 8.78 Å². The molecule has 0 bridgehead atoms. The standard InChI is InChI=1S/C11H13F2NS/c1-15-8-4-3-7(9(12)10(8)13)11(14)5-2-6-11/h3-4H,2,5-6,14H2,1H3. The minimum atomic E-state index is -0.774. The van der Waals surface area contributed by atoms with Crippen molar-refractivity contribution in [2.45, 2.75) is 29.7 Å². The maximum atomic E-state index is 13.7. The number of nitrogens with two attached hydrogens (primary N) is 1. The summed E-state index contributed by atoms with van der Waals surface area (Å²) in [5.74, 6) is -1.54. The second-order valence-electron chi connectivity index (χ2n) is 3.95. The maximum Gasteiger partial charge on any atom is 0.172 e. The van der Waals surface area contributed by atoms with Crippen LogP contribution in [0, 0.1) is 11.6 Å². The predicted molar refractivity (Wildman–Crippen MR) is 57.9 cm³/mol. The summed E-state index contributed by atoms with van der Waals surface area (Å²) in [5, 5.41) is 0. The van der Waals surface area contributed by atoms with Crippen LogP contribution >= 0.6 is 11.8 Å². The van der Waals surface area contributed by atoms with Crippen molar-refractivity contribution in [3.63, 3.8) is 0 Å². The van der Waals surface area contributed by atoms with Gasteiger partial charge in [-0.3, -0.25) is 0 Å². The molecule has 82 valence electrons. The fraction of sp³-hybridized carbons (Fsp3) is 0.455. The minimum Gasteiger partial charge on any atom is -0.321 e.